The van der Waals surface area contributed by atoms with Crippen LogP contribution in [0, 0.1) is 5.41 Å². The Hall–Kier alpha value is -1.91. The van der Waals surface area contributed by atoms with Gasteiger partial charge in [0.15, 0.2) is 0 Å². The SMILES string of the molecule is N/C(CC1(CN2CCCOc3ccccc32)CC1)=N/O. The molecule has 0 atom stereocenters. The molecule has 0 aromatic heterocycles. The van der Waals surface area contributed by atoms with E-state index < -0.39 is 0 Å². The fourth-order valence-electron chi connectivity index (χ4n) is 2.95. The summed E-state index contributed by atoms with van der Waals surface area (Å²) in [5.74, 6) is 1.30. The van der Waals surface area contributed by atoms with E-state index >= 15 is 0 Å². The lowest BCUT2D eigenvalue weighted by Crippen LogP contribution is -2.33. The van der Waals surface area contributed by atoms with Crippen LogP contribution in [-0.2, 0) is 0 Å². The molecule has 3 rings (SSSR count). The van der Waals surface area contributed by atoms with Crippen molar-refractivity contribution in [2.75, 3.05) is 24.6 Å². The Morgan fingerprint density at radius 1 is 1.40 bits per heavy atom. The van der Waals surface area contributed by atoms with E-state index in [2.05, 4.69) is 16.1 Å². The zero-order chi connectivity index (χ0) is 14.0. The van der Waals surface area contributed by atoms with Gasteiger partial charge >= 0.3 is 0 Å². The van der Waals surface area contributed by atoms with E-state index in [9.17, 15) is 0 Å². The summed E-state index contributed by atoms with van der Waals surface area (Å²) in [5, 5.41) is 11.9. The molecule has 1 aromatic rings. The van der Waals surface area contributed by atoms with Gasteiger partial charge in [0.1, 0.15) is 11.6 Å². The van der Waals surface area contributed by atoms with Gasteiger partial charge in [-0.1, -0.05) is 17.3 Å². The summed E-state index contributed by atoms with van der Waals surface area (Å²) in [6.07, 6.45) is 3.98. The lowest BCUT2D eigenvalue weighted by Gasteiger charge is -2.28. The van der Waals surface area contributed by atoms with Gasteiger partial charge in [-0.2, -0.15) is 0 Å². The zero-order valence-electron chi connectivity index (χ0n) is 11.6. The van der Waals surface area contributed by atoms with Crippen molar-refractivity contribution < 1.29 is 9.94 Å². The van der Waals surface area contributed by atoms with E-state index in [0.717, 1.165) is 50.4 Å². The van der Waals surface area contributed by atoms with E-state index in [0.29, 0.717) is 12.3 Å². The quantitative estimate of drug-likeness (QED) is 0.382. The molecule has 1 fully saturated rings. The Bertz CT molecular complexity index is 512. The van der Waals surface area contributed by atoms with Gasteiger partial charge in [-0.05, 0) is 36.8 Å². The summed E-state index contributed by atoms with van der Waals surface area (Å²) >= 11 is 0. The number of amidine groups is 1. The second kappa shape index (κ2) is 5.23. The smallest absolute Gasteiger partial charge is 0.142 e. The van der Waals surface area contributed by atoms with Crippen LogP contribution in [0.2, 0.25) is 0 Å². The van der Waals surface area contributed by atoms with Crippen molar-refractivity contribution in [2.45, 2.75) is 25.7 Å². The molecule has 108 valence electrons. The maximum atomic E-state index is 8.76. The van der Waals surface area contributed by atoms with Gasteiger partial charge in [0.2, 0.25) is 0 Å². The molecule has 3 N–H and O–H groups in total. The predicted octanol–water partition coefficient (Wildman–Crippen LogP) is 2.19. The summed E-state index contributed by atoms with van der Waals surface area (Å²) in [7, 11) is 0. The third-order valence-electron chi connectivity index (χ3n) is 4.20. The predicted molar refractivity (Wildman–Crippen MR) is 78.5 cm³/mol. The molecule has 1 aliphatic carbocycles. The number of fused-ring (bicyclic) bond motifs is 1. The fraction of sp³-hybridized carbons (Fsp3) is 0.533. The number of nitrogens with zero attached hydrogens (tertiary/aromatic N) is 2. The molecule has 0 spiro atoms. The maximum absolute atomic E-state index is 8.76. The van der Waals surface area contributed by atoms with E-state index in [1.54, 1.807) is 0 Å². The number of benzene rings is 1. The van der Waals surface area contributed by atoms with Crippen LogP contribution < -0.4 is 15.4 Å². The number of hydrogen-bond acceptors (Lipinski definition) is 4. The highest BCUT2D eigenvalue weighted by Crippen LogP contribution is 2.50. The first-order valence-corrected chi connectivity index (χ1v) is 7.16. The van der Waals surface area contributed by atoms with Crippen LogP contribution in [0.25, 0.3) is 0 Å². The largest absolute Gasteiger partial charge is 0.491 e. The molecule has 0 unspecified atom stereocenters. The Morgan fingerprint density at radius 3 is 2.95 bits per heavy atom. The number of oxime groups is 1. The lowest BCUT2D eigenvalue weighted by molar-refractivity contribution is 0.314. The monoisotopic (exact) mass is 275 g/mol. The standard InChI is InChI=1S/C15H21N3O2/c16-14(17-19)10-15(6-7-15)11-18-8-3-9-20-13-5-2-1-4-12(13)18/h1-2,4-5,19H,3,6-11H2,(H2,16,17). The van der Waals surface area contributed by atoms with Gasteiger partial charge in [-0.25, -0.2) is 0 Å². The summed E-state index contributed by atoms with van der Waals surface area (Å²) < 4.78 is 5.79. The molecule has 0 amide bonds. The van der Waals surface area contributed by atoms with Crippen molar-refractivity contribution in [1.29, 1.82) is 0 Å². The molecule has 1 heterocycles. The minimum Gasteiger partial charge on any atom is -0.491 e. The molecule has 0 bridgehead atoms. The summed E-state index contributed by atoms with van der Waals surface area (Å²) in [6, 6.07) is 8.19. The highest BCUT2D eigenvalue weighted by molar-refractivity contribution is 5.80. The van der Waals surface area contributed by atoms with Crippen LogP contribution in [-0.4, -0.2) is 30.7 Å². The van der Waals surface area contributed by atoms with Gasteiger partial charge in [0.25, 0.3) is 0 Å². The van der Waals surface area contributed by atoms with Crippen molar-refractivity contribution in [3.63, 3.8) is 0 Å². The lowest BCUT2D eigenvalue weighted by atomic mass is 10.0. The average molecular weight is 275 g/mol. The van der Waals surface area contributed by atoms with Crippen molar-refractivity contribution in [1.82, 2.24) is 0 Å². The summed E-state index contributed by atoms with van der Waals surface area (Å²) in [4.78, 5) is 2.39. The molecule has 5 nitrogen and oxygen atoms in total. The fourth-order valence-corrected chi connectivity index (χ4v) is 2.95. The maximum Gasteiger partial charge on any atom is 0.142 e. The minimum absolute atomic E-state index is 0.174. The second-order valence-electron chi connectivity index (χ2n) is 5.86. The van der Waals surface area contributed by atoms with Crippen LogP contribution in [0.1, 0.15) is 25.7 Å². The van der Waals surface area contributed by atoms with Crippen molar-refractivity contribution in [2.24, 2.45) is 16.3 Å². The first-order valence-electron chi connectivity index (χ1n) is 7.16. The van der Waals surface area contributed by atoms with Crippen LogP contribution in [0.4, 0.5) is 5.69 Å². The number of ether oxygens (including phenoxy) is 1. The number of hydrogen-bond donors (Lipinski definition) is 2. The van der Waals surface area contributed by atoms with E-state index in [1.165, 1.54) is 0 Å². The van der Waals surface area contributed by atoms with Gasteiger partial charge < -0.3 is 20.6 Å². The molecule has 1 aromatic carbocycles. The Labute approximate surface area is 119 Å². The van der Waals surface area contributed by atoms with Crippen LogP contribution >= 0.6 is 0 Å². The number of anilines is 1. The number of nitrogens with two attached hydrogens (primary N) is 1. The Morgan fingerprint density at radius 2 is 2.20 bits per heavy atom. The molecule has 5 heteroatoms. The van der Waals surface area contributed by atoms with Crippen molar-refractivity contribution >= 4 is 11.5 Å². The molecule has 20 heavy (non-hydrogen) atoms. The van der Waals surface area contributed by atoms with Gasteiger partial charge in [0, 0.05) is 19.5 Å². The third kappa shape index (κ3) is 2.66. The summed E-state index contributed by atoms with van der Waals surface area (Å²) in [6.45, 7) is 2.71. The Balaban J connectivity index is 1.77. The van der Waals surface area contributed by atoms with Crippen LogP contribution in [0.3, 0.4) is 0 Å². The van der Waals surface area contributed by atoms with E-state index in [4.69, 9.17) is 15.7 Å². The average Bonchev–Trinajstić information content (AvgIpc) is 3.24. The zero-order valence-corrected chi connectivity index (χ0v) is 11.6. The molecule has 0 radical (unpaired) electrons. The third-order valence-corrected chi connectivity index (χ3v) is 4.20. The van der Waals surface area contributed by atoms with Crippen molar-refractivity contribution in [3.05, 3.63) is 24.3 Å². The minimum atomic E-state index is 0.174. The van der Waals surface area contributed by atoms with Gasteiger partial charge in [-0.15, -0.1) is 0 Å². The van der Waals surface area contributed by atoms with Crippen LogP contribution in [0.5, 0.6) is 5.75 Å². The van der Waals surface area contributed by atoms with E-state index in [1.807, 2.05) is 18.2 Å². The number of para-hydroxylation sites is 2. The first-order chi connectivity index (χ1) is 9.72. The molecule has 1 saturated carbocycles. The van der Waals surface area contributed by atoms with Gasteiger partial charge in [0.05, 0.1) is 12.3 Å². The molecule has 0 saturated heterocycles. The Kier molecular flexibility index (Phi) is 3.42. The highest BCUT2D eigenvalue weighted by Gasteiger charge is 2.45. The number of rotatable bonds is 4. The normalized spacial score (nSPS) is 20.8. The molecule has 1 aliphatic heterocycles. The summed E-state index contributed by atoms with van der Waals surface area (Å²) in [5.41, 5.74) is 7.02. The van der Waals surface area contributed by atoms with E-state index in [-0.39, 0.29) is 5.41 Å². The topological polar surface area (TPSA) is 71.1 Å². The van der Waals surface area contributed by atoms with Gasteiger partial charge in [-0.3, -0.25) is 0 Å². The molecular formula is C15H21N3O2. The first kappa shape index (κ1) is 13.1. The highest BCUT2D eigenvalue weighted by atomic mass is 16.5. The second-order valence-corrected chi connectivity index (χ2v) is 5.86. The van der Waals surface area contributed by atoms with Crippen LogP contribution in [0.15, 0.2) is 29.4 Å². The van der Waals surface area contributed by atoms with Crippen molar-refractivity contribution in [3.8, 4) is 5.75 Å². The molecule has 2 aliphatic rings. The molecular weight excluding hydrogens is 254 g/mol.